The van der Waals surface area contributed by atoms with Crippen LogP contribution in [0.2, 0.25) is 0 Å². The summed E-state index contributed by atoms with van der Waals surface area (Å²) in [6.07, 6.45) is 3.75. The van der Waals surface area contributed by atoms with E-state index in [1.54, 1.807) is 0 Å². The Morgan fingerprint density at radius 2 is 1.78 bits per heavy atom. The van der Waals surface area contributed by atoms with E-state index in [4.69, 9.17) is 9.90 Å². The van der Waals surface area contributed by atoms with Gasteiger partial charge in [0.1, 0.15) is 0 Å². The number of aromatic amines is 1. The first-order valence-electron chi connectivity index (χ1n) is 2.19. The van der Waals surface area contributed by atoms with E-state index in [0.717, 1.165) is 0 Å². The average Bonchev–Trinajstić information content (AvgIpc) is 2.11. The van der Waals surface area contributed by atoms with Crippen LogP contribution in [0.5, 0.6) is 0 Å². The maximum absolute atomic E-state index is 8.77. The second-order valence-corrected chi connectivity index (χ2v) is 1.46. The highest BCUT2D eigenvalue weighted by atomic mass is 35.5. The Kier molecular flexibility index (Phi) is 4.63. The molecule has 0 aliphatic heterocycles. The first-order valence-corrected chi connectivity index (χ1v) is 2.57. The fourth-order valence-corrected chi connectivity index (χ4v) is 0.278. The number of hydrogen-bond donors (Lipinski definition) is 2. The molecule has 0 spiro atoms. The molecule has 0 unspecified atom stereocenters. The molecule has 9 heavy (non-hydrogen) atoms. The Morgan fingerprint density at radius 1 is 1.44 bits per heavy atom. The van der Waals surface area contributed by atoms with Crippen molar-refractivity contribution in [1.29, 1.82) is 0 Å². The topological polar surface area (TPSA) is 53.1 Å². The maximum atomic E-state index is 8.77. The van der Waals surface area contributed by atoms with Crippen molar-refractivity contribution < 1.29 is 9.90 Å². The quantitative estimate of drug-likeness (QED) is 0.551. The number of hydrogen-bond acceptors (Lipinski definition) is 1. The maximum Gasteiger partial charge on any atom is 0.401 e. The predicted molar refractivity (Wildman–Crippen MR) is 34.7 cm³/mol. The summed E-state index contributed by atoms with van der Waals surface area (Å²) in [5, 5.41) is 7.18. The summed E-state index contributed by atoms with van der Waals surface area (Å²) in [6, 6.07) is 3.89. The second-order valence-electron chi connectivity index (χ2n) is 1.14. The summed E-state index contributed by atoms with van der Waals surface area (Å²) < 4.78 is 0. The van der Waals surface area contributed by atoms with Gasteiger partial charge in [-0.25, -0.2) is 4.79 Å². The molecule has 0 saturated carbocycles. The van der Waals surface area contributed by atoms with Gasteiger partial charge in [-0.3, -0.25) is 0 Å². The van der Waals surface area contributed by atoms with Crippen molar-refractivity contribution in [3.05, 3.63) is 24.5 Å². The van der Waals surface area contributed by atoms with E-state index < -0.39 is 5.43 Å². The van der Waals surface area contributed by atoms with Crippen LogP contribution in [0.15, 0.2) is 24.5 Å². The molecule has 0 aliphatic carbocycles. The van der Waals surface area contributed by atoms with E-state index in [-0.39, 0.29) is 0 Å². The summed E-state index contributed by atoms with van der Waals surface area (Å²) in [4.78, 5) is 11.6. The molecule has 4 heteroatoms. The zero-order valence-electron chi connectivity index (χ0n) is 4.54. The van der Waals surface area contributed by atoms with Gasteiger partial charge in [-0.1, -0.05) is 0 Å². The van der Waals surface area contributed by atoms with Crippen molar-refractivity contribution >= 4 is 17.0 Å². The molecule has 0 saturated heterocycles. The van der Waals surface area contributed by atoms with Crippen LogP contribution < -0.4 is 0 Å². The van der Waals surface area contributed by atoms with Crippen molar-refractivity contribution in [2.75, 3.05) is 0 Å². The molecule has 50 valence electrons. The van der Waals surface area contributed by atoms with Crippen LogP contribution in [0, 0.1) is 0 Å². The third kappa shape index (κ3) is 11.0. The summed E-state index contributed by atoms with van der Waals surface area (Å²) in [6.45, 7) is 0. The number of aromatic nitrogens is 1. The molecule has 0 radical (unpaired) electrons. The van der Waals surface area contributed by atoms with Gasteiger partial charge in [0.25, 0.3) is 0 Å². The number of H-pyrrole nitrogens is 1. The van der Waals surface area contributed by atoms with Gasteiger partial charge in [0, 0.05) is 24.0 Å². The zero-order valence-corrected chi connectivity index (χ0v) is 5.30. The lowest BCUT2D eigenvalue weighted by Crippen LogP contribution is -1.66. The van der Waals surface area contributed by atoms with Crippen molar-refractivity contribution in [1.82, 2.24) is 4.98 Å². The fourth-order valence-electron chi connectivity index (χ4n) is 0.278. The number of carboxylic acid groups (broad SMARTS) is 1. The van der Waals surface area contributed by atoms with Gasteiger partial charge in [-0.05, 0) is 12.1 Å². The molecule has 1 aromatic heterocycles. The average molecular weight is 148 g/mol. The molecule has 0 bridgehead atoms. The monoisotopic (exact) mass is 147 g/mol. The minimum atomic E-state index is -1.36. The molecule has 1 aromatic rings. The van der Waals surface area contributed by atoms with E-state index in [1.807, 2.05) is 24.5 Å². The van der Waals surface area contributed by atoms with Crippen molar-refractivity contribution in [2.24, 2.45) is 0 Å². The zero-order chi connectivity index (χ0) is 7.11. The van der Waals surface area contributed by atoms with Crippen LogP contribution in [-0.2, 0) is 0 Å². The van der Waals surface area contributed by atoms with Crippen molar-refractivity contribution in [2.45, 2.75) is 0 Å². The van der Waals surface area contributed by atoms with Crippen LogP contribution in [0.25, 0.3) is 0 Å². The van der Waals surface area contributed by atoms with Gasteiger partial charge in [-0.2, -0.15) is 0 Å². The molecule has 1 rings (SSSR count). The molecule has 0 fully saturated rings. The molecule has 0 aromatic carbocycles. The number of nitrogens with one attached hydrogen (secondary N) is 1. The third-order valence-electron chi connectivity index (χ3n) is 0.496. The van der Waals surface area contributed by atoms with Crippen LogP contribution in [0.4, 0.5) is 4.79 Å². The Bertz CT molecular complexity index is 129. The highest BCUT2D eigenvalue weighted by Gasteiger charge is 1.71. The van der Waals surface area contributed by atoms with E-state index in [9.17, 15) is 0 Å². The summed E-state index contributed by atoms with van der Waals surface area (Å²) in [5.74, 6) is 0. The summed E-state index contributed by atoms with van der Waals surface area (Å²) >= 11 is 4.19. The minimum Gasteiger partial charge on any atom is -0.469 e. The van der Waals surface area contributed by atoms with Gasteiger partial charge in [0.15, 0.2) is 0 Å². The largest absolute Gasteiger partial charge is 0.469 e. The summed E-state index contributed by atoms with van der Waals surface area (Å²) in [5.41, 5.74) is -1.36. The Hall–Kier alpha value is -0.960. The lowest BCUT2D eigenvalue weighted by molar-refractivity contribution is 0.220. The van der Waals surface area contributed by atoms with Gasteiger partial charge >= 0.3 is 5.43 Å². The highest BCUT2D eigenvalue weighted by molar-refractivity contribution is 6.60. The van der Waals surface area contributed by atoms with Crippen LogP contribution >= 0.6 is 11.6 Å². The van der Waals surface area contributed by atoms with Crippen molar-refractivity contribution in [3.63, 3.8) is 0 Å². The lowest BCUT2D eigenvalue weighted by Gasteiger charge is -1.55. The molecule has 2 N–H and O–H groups in total. The smallest absolute Gasteiger partial charge is 0.401 e. The SMILES string of the molecule is O=C(O)Cl.c1cc[nH]c1. The van der Waals surface area contributed by atoms with Crippen LogP contribution in [0.3, 0.4) is 0 Å². The summed E-state index contributed by atoms with van der Waals surface area (Å²) in [7, 11) is 0. The van der Waals surface area contributed by atoms with E-state index in [2.05, 4.69) is 16.6 Å². The normalized spacial score (nSPS) is 7.22. The Balaban J connectivity index is 0.000000148. The lowest BCUT2D eigenvalue weighted by atomic mass is 10.7. The Morgan fingerprint density at radius 3 is 1.89 bits per heavy atom. The fraction of sp³-hybridized carbons (Fsp3) is 0. The molecule has 1 heterocycles. The first kappa shape index (κ1) is 8.04. The van der Waals surface area contributed by atoms with Crippen LogP contribution in [0.1, 0.15) is 0 Å². The van der Waals surface area contributed by atoms with Gasteiger partial charge in [-0.15, -0.1) is 0 Å². The highest BCUT2D eigenvalue weighted by Crippen LogP contribution is 1.72. The molecule has 0 atom stereocenters. The van der Waals surface area contributed by atoms with Crippen molar-refractivity contribution in [3.8, 4) is 0 Å². The van der Waals surface area contributed by atoms with Crippen LogP contribution in [-0.4, -0.2) is 15.5 Å². The van der Waals surface area contributed by atoms with E-state index in [0.29, 0.717) is 0 Å². The number of carbonyl (C=O) groups is 1. The van der Waals surface area contributed by atoms with Gasteiger partial charge in [0.05, 0.1) is 0 Å². The second kappa shape index (κ2) is 5.18. The Labute approximate surface area is 57.3 Å². The van der Waals surface area contributed by atoms with E-state index in [1.165, 1.54) is 0 Å². The predicted octanol–water partition coefficient (Wildman–Crippen LogP) is 1.92. The number of halogens is 1. The molecule has 3 nitrogen and oxygen atoms in total. The van der Waals surface area contributed by atoms with Gasteiger partial charge < -0.3 is 10.1 Å². The molecule has 0 aliphatic rings. The molecule has 0 amide bonds. The van der Waals surface area contributed by atoms with Gasteiger partial charge in [0.2, 0.25) is 0 Å². The molecular weight excluding hydrogens is 142 g/mol. The minimum absolute atomic E-state index is 1.36. The standard InChI is InChI=1S/C4H5N.CHClO2/c1-2-4-5-3-1;2-1(3)4/h1-5H;(H,3,4). The first-order chi connectivity index (χ1) is 4.23. The van der Waals surface area contributed by atoms with E-state index >= 15 is 0 Å². The third-order valence-corrected chi connectivity index (χ3v) is 0.496. The number of rotatable bonds is 0. The molecular formula is C5H6ClNO2.